The summed E-state index contributed by atoms with van der Waals surface area (Å²) in [7, 11) is 1.76. The summed E-state index contributed by atoms with van der Waals surface area (Å²) in [6.07, 6.45) is 3.44. The minimum atomic E-state index is -0.0237. The van der Waals surface area contributed by atoms with Gasteiger partial charge in [-0.25, -0.2) is 0 Å². The number of nitrogens with one attached hydrogen (secondary N) is 1. The second-order valence-corrected chi connectivity index (χ2v) is 4.72. The molecule has 0 bridgehead atoms. The molecule has 1 rings (SSSR count). The minimum Gasteiger partial charge on any atom is -0.376 e. The van der Waals surface area contributed by atoms with E-state index >= 15 is 0 Å². The van der Waals surface area contributed by atoms with Crippen LogP contribution in [0.15, 0.2) is 4.99 Å². The summed E-state index contributed by atoms with van der Waals surface area (Å²) in [5, 5.41) is 3.10. The predicted octanol–water partition coefficient (Wildman–Crippen LogP) is 1.12. The van der Waals surface area contributed by atoms with Crippen LogP contribution in [0.3, 0.4) is 0 Å². The zero-order valence-electron chi connectivity index (χ0n) is 10.0. The fourth-order valence-electron chi connectivity index (χ4n) is 1.59. The maximum Gasteiger partial charge on any atom is 0.188 e. The molecule has 4 nitrogen and oxygen atoms in total. The molecule has 0 heterocycles. The number of guanidine groups is 1. The zero-order chi connectivity index (χ0) is 11.3. The highest BCUT2D eigenvalue weighted by molar-refractivity contribution is 5.77. The van der Waals surface area contributed by atoms with Gasteiger partial charge >= 0.3 is 0 Å². The van der Waals surface area contributed by atoms with Gasteiger partial charge < -0.3 is 15.8 Å². The Balaban J connectivity index is 2.29. The summed E-state index contributed by atoms with van der Waals surface area (Å²) in [5.41, 5.74) is 5.72. The van der Waals surface area contributed by atoms with Crippen molar-refractivity contribution in [3.05, 3.63) is 0 Å². The first-order valence-corrected chi connectivity index (χ1v) is 5.67. The molecule has 0 aromatic heterocycles. The summed E-state index contributed by atoms with van der Waals surface area (Å²) >= 11 is 0. The van der Waals surface area contributed by atoms with Crippen LogP contribution in [0.2, 0.25) is 0 Å². The van der Waals surface area contributed by atoms with Gasteiger partial charge in [-0.15, -0.1) is 0 Å². The normalized spacial score (nSPS) is 20.1. The third kappa shape index (κ3) is 3.70. The molecule has 0 amide bonds. The molecule has 3 N–H and O–H groups in total. The number of methoxy groups -OCH3 is 1. The van der Waals surface area contributed by atoms with Crippen molar-refractivity contribution in [2.75, 3.05) is 20.2 Å². The van der Waals surface area contributed by atoms with Crippen molar-refractivity contribution < 1.29 is 4.74 Å². The number of hydrogen-bond acceptors (Lipinski definition) is 2. The smallest absolute Gasteiger partial charge is 0.188 e. The van der Waals surface area contributed by atoms with Crippen molar-refractivity contribution in [1.29, 1.82) is 0 Å². The molecule has 0 aliphatic heterocycles. The van der Waals surface area contributed by atoms with Crippen molar-refractivity contribution in [3.63, 3.8) is 0 Å². The number of nitrogens with two attached hydrogens (primary N) is 1. The van der Waals surface area contributed by atoms with Crippen LogP contribution in [-0.4, -0.2) is 31.8 Å². The second-order valence-electron chi connectivity index (χ2n) is 4.72. The standard InChI is InChI=1S/C11H23N3O/c1-9(2)7-13-10(12)14-8-11(15-3)5-4-6-11/h9H,4-8H2,1-3H3,(H3,12,13,14). The van der Waals surface area contributed by atoms with Crippen molar-refractivity contribution in [1.82, 2.24) is 5.32 Å². The van der Waals surface area contributed by atoms with Gasteiger partial charge in [-0.2, -0.15) is 0 Å². The molecule has 0 atom stereocenters. The Bertz CT molecular complexity index is 216. The van der Waals surface area contributed by atoms with Crippen LogP contribution < -0.4 is 11.1 Å². The Morgan fingerprint density at radius 1 is 1.53 bits per heavy atom. The second kappa shape index (κ2) is 5.35. The molecule has 0 aromatic rings. The van der Waals surface area contributed by atoms with E-state index in [0.29, 0.717) is 18.4 Å². The van der Waals surface area contributed by atoms with E-state index in [-0.39, 0.29) is 5.60 Å². The molecule has 1 fully saturated rings. The van der Waals surface area contributed by atoms with E-state index in [1.54, 1.807) is 7.11 Å². The van der Waals surface area contributed by atoms with E-state index in [4.69, 9.17) is 10.5 Å². The Hall–Kier alpha value is -0.770. The van der Waals surface area contributed by atoms with E-state index in [1.165, 1.54) is 6.42 Å². The molecule has 0 radical (unpaired) electrons. The summed E-state index contributed by atoms with van der Waals surface area (Å²) in [6, 6.07) is 0. The van der Waals surface area contributed by atoms with E-state index < -0.39 is 0 Å². The molecule has 15 heavy (non-hydrogen) atoms. The molecule has 1 aliphatic rings. The topological polar surface area (TPSA) is 59.6 Å². The van der Waals surface area contributed by atoms with Crippen molar-refractivity contribution in [3.8, 4) is 0 Å². The van der Waals surface area contributed by atoms with Gasteiger partial charge in [0.25, 0.3) is 0 Å². The fraction of sp³-hybridized carbons (Fsp3) is 0.909. The number of aliphatic imine (C=N–C) groups is 1. The van der Waals surface area contributed by atoms with Gasteiger partial charge in [0, 0.05) is 13.7 Å². The first-order valence-electron chi connectivity index (χ1n) is 5.67. The number of ether oxygens (including phenoxy) is 1. The van der Waals surface area contributed by atoms with Gasteiger partial charge in [0.1, 0.15) is 0 Å². The first-order chi connectivity index (χ1) is 7.08. The van der Waals surface area contributed by atoms with Gasteiger partial charge in [-0.3, -0.25) is 4.99 Å². The zero-order valence-corrected chi connectivity index (χ0v) is 10.0. The SMILES string of the molecule is COC1(CN=C(N)NCC(C)C)CCC1. The predicted molar refractivity (Wildman–Crippen MR) is 62.9 cm³/mol. The van der Waals surface area contributed by atoms with E-state index in [2.05, 4.69) is 24.2 Å². The molecular weight excluding hydrogens is 190 g/mol. The van der Waals surface area contributed by atoms with E-state index in [0.717, 1.165) is 19.4 Å². The lowest BCUT2D eigenvalue weighted by atomic mass is 9.80. The molecule has 1 saturated carbocycles. The summed E-state index contributed by atoms with van der Waals surface area (Å²) < 4.78 is 5.46. The Labute approximate surface area is 92.3 Å². The summed E-state index contributed by atoms with van der Waals surface area (Å²) in [5.74, 6) is 1.12. The Kier molecular flexibility index (Phi) is 4.39. The lowest BCUT2D eigenvalue weighted by Crippen LogP contribution is -2.44. The number of nitrogens with zero attached hydrogens (tertiary/aromatic N) is 1. The van der Waals surface area contributed by atoms with Crippen LogP contribution >= 0.6 is 0 Å². The minimum absolute atomic E-state index is 0.0237. The summed E-state index contributed by atoms with van der Waals surface area (Å²) in [4.78, 5) is 4.32. The van der Waals surface area contributed by atoms with Crippen molar-refractivity contribution in [2.45, 2.75) is 38.7 Å². The van der Waals surface area contributed by atoms with Crippen LogP contribution in [0.25, 0.3) is 0 Å². The third-order valence-corrected chi connectivity index (χ3v) is 2.93. The number of hydrogen-bond donors (Lipinski definition) is 2. The van der Waals surface area contributed by atoms with Crippen LogP contribution in [0.4, 0.5) is 0 Å². The van der Waals surface area contributed by atoms with Gasteiger partial charge in [0.05, 0.1) is 12.1 Å². The quantitative estimate of drug-likeness (QED) is 0.531. The van der Waals surface area contributed by atoms with Crippen LogP contribution in [0.5, 0.6) is 0 Å². The molecule has 1 aliphatic carbocycles. The van der Waals surface area contributed by atoms with Gasteiger partial charge in [0.15, 0.2) is 5.96 Å². The van der Waals surface area contributed by atoms with E-state index in [9.17, 15) is 0 Å². The Morgan fingerprint density at radius 3 is 2.60 bits per heavy atom. The molecule has 4 heteroatoms. The monoisotopic (exact) mass is 213 g/mol. The lowest BCUT2D eigenvalue weighted by Gasteiger charge is -2.39. The molecule has 0 unspecified atom stereocenters. The highest BCUT2D eigenvalue weighted by Gasteiger charge is 2.36. The Morgan fingerprint density at radius 2 is 2.20 bits per heavy atom. The maximum atomic E-state index is 5.75. The molecular formula is C11H23N3O. The summed E-state index contributed by atoms with van der Waals surface area (Å²) in [6.45, 7) is 5.83. The lowest BCUT2D eigenvalue weighted by molar-refractivity contribution is -0.0630. The first kappa shape index (κ1) is 12.3. The average Bonchev–Trinajstić information content (AvgIpc) is 2.14. The number of rotatable bonds is 5. The van der Waals surface area contributed by atoms with Crippen molar-refractivity contribution >= 4 is 5.96 Å². The van der Waals surface area contributed by atoms with Gasteiger partial charge in [-0.1, -0.05) is 13.8 Å². The molecule has 88 valence electrons. The average molecular weight is 213 g/mol. The van der Waals surface area contributed by atoms with Crippen LogP contribution in [0.1, 0.15) is 33.1 Å². The van der Waals surface area contributed by atoms with E-state index in [1.807, 2.05) is 0 Å². The van der Waals surface area contributed by atoms with Gasteiger partial charge in [-0.05, 0) is 25.2 Å². The molecule has 0 saturated heterocycles. The van der Waals surface area contributed by atoms with Gasteiger partial charge in [0.2, 0.25) is 0 Å². The highest BCUT2D eigenvalue weighted by Crippen LogP contribution is 2.35. The van der Waals surface area contributed by atoms with Crippen LogP contribution in [-0.2, 0) is 4.74 Å². The third-order valence-electron chi connectivity index (χ3n) is 2.93. The highest BCUT2D eigenvalue weighted by atomic mass is 16.5. The van der Waals surface area contributed by atoms with Crippen LogP contribution in [0, 0.1) is 5.92 Å². The molecule has 0 spiro atoms. The molecule has 0 aromatic carbocycles. The maximum absolute atomic E-state index is 5.75. The largest absolute Gasteiger partial charge is 0.376 e. The van der Waals surface area contributed by atoms with Crippen molar-refractivity contribution in [2.24, 2.45) is 16.6 Å². The fourth-order valence-corrected chi connectivity index (χ4v) is 1.59.